The van der Waals surface area contributed by atoms with Crippen molar-refractivity contribution in [3.8, 4) is 0 Å². The van der Waals surface area contributed by atoms with Gasteiger partial charge in [0.25, 0.3) is 0 Å². The number of nitrogens with two attached hydrogens (primary N) is 1. The predicted octanol–water partition coefficient (Wildman–Crippen LogP) is 1.96. The van der Waals surface area contributed by atoms with E-state index in [0.29, 0.717) is 24.4 Å². The number of amides is 1. The Hall–Kier alpha value is -0.220. The first-order chi connectivity index (χ1) is 8.11. The van der Waals surface area contributed by atoms with Gasteiger partial charge in [0.05, 0.1) is 0 Å². The van der Waals surface area contributed by atoms with Crippen molar-refractivity contribution < 1.29 is 4.79 Å². The molecule has 0 spiro atoms. The van der Waals surface area contributed by atoms with Crippen molar-refractivity contribution in [2.45, 2.75) is 38.6 Å². The van der Waals surface area contributed by atoms with E-state index in [1.807, 2.05) is 23.7 Å². The van der Waals surface area contributed by atoms with Crippen molar-refractivity contribution in [2.75, 3.05) is 25.6 Å². The standard InChI is InChI=1S/C13H26N2OS/c1-10(7-8-17-3)15(2)13(16)12-6-4-5-11(12)9-14/h10-12H,4-9,14H2,1-3H3. The molecule has 4 heteroatoms. The molecule has 1 aliphatic rings. The van der Waals surface area contributed by atoms with E-state index >= 15 is 0 Å². The molecule has 1 saturated carbocycles. The van der Waals surface area contributed by atoms with E-state index in [2.05, 4.69) is 13.2 Å². The molecule has 0 saturated heterocycles. The van der Waals surface area contributed by atoms with Crippen LogP contribution in [0.5, 0.6) is 0 Å². The SMILES string of the molecule is CSCCC(C)N(C)C(=O)C1CCCC1CN. The van der Waals surface area contributed by atoms with Crippen LogP contribution in [0.25, 0.3) is 0 Å². The Labute approximate surface area is 109 Å². The molecule has 1 aliphatic carbocycles. The number of hydrogen-bond donors (Lipinski definition) is 1. The number of nitrogens with zero attached hydrogens (tertiary/aromatic N) is 1. The van der Waals surface area contributed by atoms with E-state index in [1.165, 1.54) is 0 Å². The summed E-state index contributed by atoms with van der Waals surface area (Å²) in [6.45, 7) is 2.80. The molecule has 100 valence electrons. The molecule has 3 nitrogen and oxygen atoms in total. The molecule has 1 amide bonds. The highest BCUT2D eigenvalue weighted by molar-refractivity contribution is 7.98. The molecule has 0 aromatic carbocycles. The zero-order chi connectivity index (χ0) is 12.8. The first-order valence-electron chi connectivity index (χ1n) is 6.57. The van der Waals surface area contributed by atoms with Gasteiger partial charge in [-0.1, -0.05) is 6.42 Å². The van der Waals surface area contributed by atoms with Crippen LogP contribution in [0.1, 0.15) is 32.6 Å². The summed E-state index contributed by atoms with van der Waals surface area (Å²) in [6, 6.07) is 0.342. The molecule has 2 N–H and O–H groups in total. The third-order valence-corrected chi connectivity index (χ3v) is 4.67. The molecule has 0 aliphatic heterocycles. The van der Waals surface area contributed by atoms with Gasteiger partial charge < -0.3 is 10.6 Å². The van der Waals surface area contributed by atoms with Crippen molar-refractivity contribution in [1.29, 1.82) is 0 Å². The van der Waals surface area contributed by atoms with Crippen molar-refractivity contribution in [3.05, 3.63) is 0 Å². The maximum absolute atomic E-state index is 12.4. The third kappa shape index (κ3) is 3.88. The van der Waals surface area contributed by atoms with Gasteiger partial charge in [0, 0.05) is 19.0 Å². The molecule has 0 bridgehead atoms. The minimum atomic E-state index is 0.182. The second kappa shape index (κ2) is 7.27. The summed E-state index contributed by atoms with van der Waals surface area (Å²) in [7, 11) is 1.94. The normalized spacial score (nSPS) is 25.9. The van der Waals surface area contributed by atoms with Gasteiger partial charge in [-0.05, 0) is 50.7 Å². The van der Waals surface area contributed by atoms with Crippen LogP contribution in [-0.2, 0) is 4.79 Å². The summed E-state index contributed by atoms with van der Waals surface area (Å²) in [6.07, 6.45) is 6.49. The highest BCUT2D eigenvalue weighted by Gasteiger charge is 2.34. The quantitative estimate of drug-likeness (QED) is 0.792. The molecule has 0 aromatic heterocycles. The lowest BCUT2D eigenvalue weighted by Crippen LogP contribution is -2.41. The van der Waals surface area contributed by atoms with Gasteiger partial charge in [0.15, 0.2) is 0 Å². The average molecular weight is 258 g/mol. The van der Waals surface area contributed by atoms with Gasteiger partial charge in [-0.2, -0.15) is 11.8 Å². The highest BCUT2D eigenvalue weighted by atomic mass is 32.2. The molecule has 1 fully saturated rings. The molecule has 0 radical (unpaired) electrons. The van der Waals surface area contributed by atoms with Crippen LogP contribution in [0.15, 0.2) is 0 Å². The zero-order valence-electron chi connectivity index (χ0n) is 11.3. The van der Waals surface area contributed by atoms with Gasteiger partial charge in [0.1, 0.15) is 0 Å². The number of hydrogen-bond acceptors (Lipinski definition) is 3. The number of carbonyl (C=O) groups is 1. The van der Waals surface area contributed by atoms with E-state index in [1.54, 1.807) is 0 Å². The predicted molar refractivity (Wildman–Crippen MR) is 75.1 cm³/mol. The fraction of sp³-hybridized carbons (Fsp3) is 0.923. The fourth-order valence-electron chi connectivity index (χ4n) is 2.60. The maximum atomic E-state index is 12.4. The molecular formula is C13H26N2OS. The van der Waals surface area contributed by atoms with Crippen LogP contribution < -0.4 is 5.73 Å². The topological polar surface area (TPSA) is 46.3 Å². The maximum Gasteiger partial charge on any atom is 0.225 e. The molecular weight excluding hydrogens is 232 g/mol. The average Bonchev–Trinajstić information content (AvgIpc) is 2.82. The summed E-state index contributed by atoms with van der Waals surface area (Å²) in [5.41, 5.74) is 5.74. The molecule has 1 rings (SSSR count). The number of carbonyl (C=O) groups excluding carboxylic acids is 1. The summed E-state index contributed by atoms with van der Waals surface area (Å²) in [5, 5.41) is 0. The largest absolute Gasteiger partial charge is 0.343 e. The van der Waals surface area contributed by atoms with Crippen molar-refractivity contribution in [2.24, 2.45) is 17.6 Å². The monoisotopic (exact) mass is 258 g/mol. The smallest absolute Gasteiger partial charge is 0.225 e. The van der Waals surface area contributed by atoms with E-state index in [-0.39, 0.29) is 5.92 Å². The van der Waals surface area contributed by atoms with E-state index in [0.717, 1.165) is 31.4 Å². The summed E-state index contributed by atoms with van der Waals surface area (Å²) < 4.78 is 0. The van der Waals surface area contributed by atoms with Gasteiger partial charge in [-0.3, -0.25) is 4.79 Å². The third-order valence-electron chi connectivity index (χ3n) is 4.03. The first kappa shape index (κ1) is 14.8. The fourth-order valence-corrected chi connectivity index (χ4v) is 3.18. The Morgan fingerprint density at radius 1 is 1.53 bits per heavy atom. The second-order valence-corrected chi connectivity index (χ2v) is 6.10. The minimum Gasteiger partial charge on any atom is -0.343 e. The first-order valence-corrected chi connectivity index (χ1v) is 7.96. The number of thioether (sulfide) groups is 1. The van der Waals surface area contributed by atoms with E-state index in [9.17, 15) is 4.79 Å². The lowest BCUT2D eigenvalue weighted by molar-refractivity contribution is -0.137. The Morgan fingerprint density at radius 2 is 2.24 bits per heavy atom. The van der Waals surface area contributed by atoms with Crippen LogP contribution in [0, 0.1) is 11.8 Å². The Morgan fingerprint density at radius 3 is 2.82 bits per heavy atom. The molecule has 3 unspecified atom stereocenters. The van der Waals surface area contributed by atoms with Crippen LogP contribution in [0.4, 0.5) is 0 Å². The summed E-state index contributed by atoms with van der Waals surface area (Å²) in [4.78, 5) is 14.3. The van der Waals surface area contributed by atoms with E-state index < -0.39 is 0 Å². The summed E-state index contributed by atoms with van der Waals surface area (Å²) >= 11 is 1.84. The Bertz CT molecular complexity index is 248. The lowest BCUT2D eigenvalue weighted by atomic mass is 9.94. The van der Waals surface area contributed by atoms with Gasteiger partial charge >= 0.3 is 0 Å². The highest BCUT2D eigenvalue weighted by Crippen LogP contribution is 2.32. The zero-order valence-corrected chi connectivity index (χ0v) is 12.1. The molecule has 0 aromatic rings. The van der Waals surface area contributed by atoms with Crippen LogP contribution >= 0.6 is 11.8 Å². The van der Waals surface area contributed by atoms with Crippen LogP contribution in [0.2, 0.25) is 0 Å². The van der Waals surface area contributed by atoms with Crippen LogP contribution in [-0.4, -0.2) is 42.4 Å². The Balaban J connectivity index is 2.50. The summed E-state index contributed by atoms with van der Waals surface area (Å²) in [5.74, 6) is 2.02. The molecule has 3 atom stereocenters. The van der Waals surface area contributed by atoms with E-state index in [4.69, 9.17) is 5.73 Å². The van der Waals surface area contributed by atoms with Crippen molar-refractivity contribution >= 4 is 17.7 Å². The number of rotatable bonds is 6. The van der Waals surface area contributed by atoms with Gasteiger partial charge in [-0.15, -0.1) is 0 Å². The van der Waals surface area contributed by atoms with Gasteiger partial charge in [-0.25, -0.2) is 0 Å². The van der Waals surface area contributed by atoms with Crippen molar-refractivity contribution in [1.82, 2.24) is 4.90 Å². The molecule has 0 heterocycles. The molecule has 17 heavy (non-hydrogen) atoms. The van der Waals surface area contributed by atoms with Crippen LogP contribution in [0.3, 0.4) is 0 Å². The van der Waals surface area contributed by atoms with Gasteiger partial charge in [0.2, 0.25) is 5.91 Å². The Kier molecular flexibility index (Phi) is 6.34. The second-order valence-electron chi connectivity index (χ2n) is 5.11. The van der Waals surface area contributed by atoms with Crippen molar-refractivity contribution in [3.63, 3.8) is 0 Å². The lowest BCUT2D eigenvalue weighted by Gasteiger charge is -2.29. The minimum absolute atomic E-state index is 0.182.